The summed E-state index contributed by atoms with van der Waals surface area (Å²) in [5.41, 5.74) is 2.37. The Labute approximate surface area is 179 Å². The SMILES string of the molecule is CCNC(=O)n1nc(NC(=O)c2ccc(N3CCN(CC)CC3)cc2)c2sccc21. The Morgan fingerprint density at radius 2 is 1.80 bits per heavy atom. The minimum atomic E-state index is -0.311. The third-order valence-corrected chi connectivity index (χ3v) is 6.26. The number of anilines is 2. The lowest BCUT2D eigenvalue weighted by molar-refractivity contribution is 0.102. The highest BCUT2D eigenvalue weighted by molar-refractivity contribution is 7.17. The van der Waals surface area contributed by atoms with Gasteiger partial charge in [0.05, 0.1) is 10.2 Å². The van der Waals surface area contributed by atoms with Gasteiger partial charge in [0.1, 0.15) is 0 Å². The van der Waals surface area contributed by atoms with Crippen LogP contribution in [0.4, 0.5) is 16.3 Å². The number of rotatable bonds is 5. The number of nitrogens with one attached hydrogen (secondary N) is 2. The molecule has 158 valence electrons. The summed E-state index contributed by atoms with van der Waals surface area (Å²) in [4.78, 5) is 29.8. The molecule has 0 unspecified atom stereocenters. The Hall–Kier alpha value is -2.91. The average molecular weight is 427 g/mol. The summed E-state index contributed by atoms with van der Waals surface area (Å²) in [6.45, 7) is 9.73. The maximum atomic E-state index is 12.8. The zero-order valence-electron chi connectivity index (χ0n) is 17.2. The van der Waals surface area contributed by atoms with Crippen molar-refractivity contribution in [2.24, 2.45) is 0 Å². The van der Waals surface area contributed by atoms with E-state index < -0.39 is 0 Å². The molecule has 9 heteroatoms. The maximum absolute atomic E-state index is 12.8. The molecule has 0 radical (unpaired) electrons. The van der Waals surface area contributed by atoms with Crippen LogP contribution in [0.25, 0.3) is 10.2 Å². The summed E-state index contributed by atoms with van der Waals surface area (Å²) < 4.78 is 2.07. The number of thiophene rings is 1. The minimum absolute atomic E-state index is 0.242. The van der Waals surface area contributed by atoms with Crippen LogP contribution in [0.3, 0.4) is 0 Å². The van der Waals surface area contributed by atoms with E-state index in [-0.39, 0.29) is 11.9 Å². The summed E-state index contributed by atoms with van der Waals surface area (Å²) in [5.74, 6) is 0.157. The first-order chi connectivity index (χ1) is 14.6. The Kier molecular flexibility index (Phi) is 6.01. The zero-order valence-corrected chi connectivity index (χ0v) is 18.0. The topological polar surface area (TPSA) is 82.5 Å². The van der Waals surface area contributed by atoms with Crippen LogP contribution in [0.1, 0.15) is 24.2 Å². The van der Waals surface area contributed by atoms with Crippen LogP contribution in [0.5, 0.6) is 0 Å². The lowest BCUT2D eigenvalue weighted by Gasteiger charge is -2.35. The van der Waals surface area contributed by atoms with Gasteiger partial charge in [-0.2, -0.15) is 4.68 Å². The highest BCUT2D eigenvalue weighted by Crippen LogP contribution is 2.29. The van der Waals surface area contributed by atoms with Crippen LogP contribution in [0.15, 0.2) is 35.7 Å². The third-order valence-electron chi connectivity index (χ3n) is 5.35. The van der Waals surface area contributed by atoms with Crippen LogP contribution in [0.2, 0.25) is 0 Å². The molecule has 1 saturated heterocycles. The van der Waals surface area contributed by atoms with Gasteiger partial charge >= 0.3 is 6.03 Å². The van der Waals surface area contributed by atoms with Gasteiger partial charge in [-0.3, -0.25) is 4.79 Å². The summed E-state index contributed by atoms with van der Waals surface area (Å²) in [6, 6.07) is 9.17. The lowest BCUT2D eigenvalue weighted by Crippen LogP contribution is -2.46. The quantitative estimate of drug-likeness (QED) is 0.655. The molecule has 2 N–H and O–H groups in total. The summed E-state index contributed by atoms with van der Waals surface area (Å²) >= 11 is 1.44. The number of amides is 2. The number of hydrogen-bond acceptors (Lipinski definition) is 6. The maximum Gasteiger partial charge on any atom is 0.342 e. The van der Waals surface area contributed by atoms with Crippen molar-refractivity contribution >= 4 is 45.0 Å². The summed E-state index contributed by atoms with van der Waals surface area (Å²) in [7, 11) is 0. The molecule has 1 aromatic carbocycles. The van der Waals surface area contributed by atoms with E-state index >= 15 is 0 Å². The predicted molar refractivity (Wildman–Crippen MR) is 121 cm³/mol. The van der Waals surface area contributed by atoms with Crippen LogP contribution in [-0.2, 0) is 0 Å². The molecule has 0 saturated carbocycles. The number of nitrogens with zero attached hydrogens (tertiary/aromatic N) is 4. The molecule has 4 rings (SSSR count). The number of carbonyl (C=O) groups excluding carboxylic acids is 2. The molecule has 8 nitrogen and oxygen atoms in total. The average Bonchev–Trinajstić information content (AvgIpc) is 3.38. The van der Waals surface area contributed by atoms with E-state index in [1.165, 1.54) is 16.0 Å². The van der Waals surface area contributed by atoms with Crippen molar-refractivity contribution in [1.29, 1.82) is 0 Å². The normalized spacial score (nSPS) is 14.8. The van der Waals surface area contributed by atoms with Crippen molar-refractivity contribution in [2.45, 2.75) is 13.8 Å². The Balaban J connectivity index is 1.47. The van der Waals surface area contributed by atoms with Crippen molar-refractivity contribution in [2.75, 3.05) is 49.5 Å². The standard InChI is InChI=1S/C21H26N6O2S/c1-3-22-21(29)27-17-9-14-30-18(17)19(24-27)23-20(28)15-5-7-16(8-6-15)26-12-10-25(4-2)11-13-26/h5-9,14H,3-4,10-13H2,1-2H3,(H,22,29)(H,23,24,28). The predicted octanol–water partition coefficient (Wildman–Crippen LogP) is 3.07. The highest BCUT2D eigenvalue weighted by Gasteiger charge is 2.19. The third kappa shape index (κ3) is 4.03. The Morgan fingerprint density at radius 3 is 2.47 bits per heavy atom. The van der Waals surface area contributed by atoms with Gasteiger partial charge in [0.15, 0.2) is 5.82 Å². The smallest absolute Gasteiger partial charge is 0.342 e. The fourth-order valence-electron chi connectivity index (χ4n) is 3.63. The van der Waals surface area contributed by atoms with E-state index in [1.807, 2.05) is 42.6 Å². The van der Waals surface area contributed by atoms with Gasteiger partial charge in [0.2, 0.25) is 0 Å². The molecule has 3 aromatic rings. The van der Waals surface area contributed by atoms with Gasteiger partial charge in [0.25, 0.3) is 5.91 Å². The fourth-order valence-corrected chi connectivity index (χ4v) is 4.45. The molecule has 3 heterocycles. The molecule has 1 aliphatic heterocycles. The van der Waals surface area contributed by atoms with Crippen molar-refractivity contribution < 1.29 is 9.59 Å². The highest BCUT2D eigenvalue weighted by atomic mass is 32.1. The largest absolute Gasteiger partial charge is 0.369 e. The second kappa shape index (κ2) is 8.85. The minimum Gasteiger partial charge on any atom is -0.369 e. The molecule has 2 amide bonds. The molecule has 30 heavy (non-hydrogen) atoms. The number of piperazine rings is 1. The number of aromatic nitrogens is 2. The molecule has 1 fully saturated rings. The van der Waals surface area contributed by atoms with E-state index in [4.69, 9.17) is 0 Å². The number of hydrogen-bond donors (Lipinski definition) is 2. The second-order valence-electron chi connectivity index (χ2n) is 7.15. The Morgan fingerprint density at radius 1 is 1.07 bits per heavy atom. The van der Waals surface area contributed by atoms with E-state index in [0.29, 0.717) is 23.4 Å². The molecule has 2 aromatic heterocycles. The van der Waals surface area contributed by atoms with Gasteiger partial charge in [0, 0.05) is 44.0 Å². The van der Waals surface area contributed by atoms with Gasteiger partial charge in [-0.05, 0) is 49.2 Å². The van der Waals surface area contributed by atoms with Crippen LogP contribution >= 0.6 is 11.3 Å². The number of likely N-dealkylation sites (N-methyl/N-ethyl adjacent to an activating group) is 1. The van der Waals surface area contributed by atoms with E-state index in [9.17, 15) is 9.59 Å². The summed E-state index contributed by atoms with van der Waals surface area (Å²) in [6.07, 6.45) is 0. The monoisotopic (exact) mass is 426 g/mol. The van der Waals surface area contributed by atoms with E-state index in [1.54, 1.807) is 0 Å². The molecular weight excluding hydrogens is 400 g/mol. The molecule has 0 spiro atoms. The molecule has 0 aliphatic carbocycles. The van der Waals surface area contributed by atoms with E-state index in [0.717, 1.165) is 43.1 Å². The summed E-state index contributed by atoms with van der Waals surface area (Å²) in [5, 5.41) is 11.8. The molecule has 0 bridgehead atoms. The van der Waals surface area contributed by atoms with E-state index in [2.05, 4.69) is 32.5 Å². The molecule has 0 atom stereocenters. The number of benzene rings is 1. The molecular formula is C21H26N6O2S. The second-order valence-corrected chi connectivity index (χ2v) is 8.07. The van der Waals surface area contributed by atoms with Gasteiger partial charge in [-0.25, -0.2) is 4.79 Å². The first-order valence-corrected chi connectivity index (χ1v) is 11.1. The van der Waals surface area contributed by atoms with Crippen molar-refractivity contribution in [3.05, 3.63) is 41.3 Å². The van der Waals surface area contributed by atoms with Crippen molar-refractivity contribution in [3.8, 4) is 0 Å². The van der Waals surface area contributed by atoms with Gasteiger partial charge in [-0.15, -0.1) is 16.4 Å². The van der Waals surface area contributed by atoms with Crippen molar-refractivity contribution in [3.63, 3.8) is 0 Å². The van der Waals surface area contributed by atoms with Crippen molar-refractivity contribution in [1.82, 2.24) is 20.0 Å². The van der Waals surface area contributed by atoms with Crippen LogP contribution in [0, 0.1) is 0 Å². The first-order valence-electron chi connectivity index (χ1n) is 10.2. The Bertz CT molecular complexity index is 1030. The van der Waals surface area contributed by atoms with Gasteiger partial charge < -0.3 is 20.4 Å². The number of fused-ring (bicyclic) bond motifs is 1. The zero-order chi connectivity index (χ0) is 21.1. The molecule has 1 aliphatic rings. The fraction of sp³-hybridized carbons (Fsp3) is 0.381. The van der Waals surface area contributed by atoms with Crippen LogP contribution in [-0.4, -0.2) is 65.9 Å². The first kappa shape index (κ1) is 20.4. The van der Waals surface area contributed by atoms with Crippen LogP contribution < -0.4 is 15.5 Å². The van der Waals surface area contributed by atoms with Gasteiger partial charge in [-0.1, -0.05) is 6.92 Å². The lowest BCUT2D eigenvalue weighted by atomic mass is 10.1. The number of carbonyl (C=O) groups is 2.